The van der Waals surface area contributed by atoms with Gasteiger partial charge in [0.25, 0.3) is 0 Å². The second-order valence-electron chi connectivity index (χ2n) is 4.51. The zero-order valence-corrected chi connectivity index (χ0v) is 12.7. The molecule has 0 saturated heterocycles. The number of rotatable bonds is 4. The van der Waals surface area contributed by atoms with Gasteiger partial charge in [0.05, 0.1) is 0 Å². The minimum atomic E-state index is -0.361. The van der Waals surface area contributed by atoms with Gasteiger partial charge in [-0.3, -0.25) is 0 Å². The number of urea groups is 1. The summed E-state index contributed by atoms with van der Waals surface area (Å²) in [5.74, 6) is 0. The van der Waals surface area contributed by atoms with Gasteiger partial charge in [0.2, 0.25) is 0 Å². The van der Waals surface area contributed by atoms with Crippen molar-refractivity contribution in [3.63, 3.8) is 0 Å². The van der Waals surface area contributed by atoms with E-state index in [0.29, 0.717) is 22.3 Å². The summed E-state index contributed by atoms with van der Waals surface area (Å²) in [6.45, 7) is 0.324. The normalized spacial score (nSPS) is 11.8. The molecule has 110 valence electrons. The largest absolute Gasteiger partial charge is 0.336 e. The summed E-state index contributed by atoms with van der Waals surface area (Å²) >= 11 is 11.7. The van der Waals surface area contributed by atoms with E-state index in [2.05, 4.69) is 10.6 Å². The number of nitrogens with two attached hydrogens (primary N) is 1. The van der Waals surface area contributed by atoms with Crippen molar-refractivity contribution in [1.82, 2.24) is 5.32 Å². The van der Waals surface area contributed by atoms with Crippen LogP contribution in [-0.4, -0.2) is 12.6 Å². The maximum Gasteiger partial charge on any atom is 0.319 e. The maximum absolute atomic E-state index is 11.8. The van der Waals surface area contributed by atoms with Crippen LogP contribution in [0.15, 0.2) is 48.5 Å². The minimum absolute atomic E-state index is 0.264. The van der Waals surface area contributed by atoms with Gasteiger partial charge in [-0.15, -0.1) is 0 Å². The summed E-state index contributed by atoms with van der Waals surface area (Å²) in [7, 11) is 0. The van der Waals surface area contributed by atoms with Gasteiger partial charge < -0.3 is 16.4 Å². The molecule has 0 aliphatic heterocycles. The van der Waals surface area contributed by atoms with Crippen LogP contribution in [0, 0.1) is 0 Å². The highest BCUT2D eigenvalue weighted by atomic mass is 35.5. The summed E-state index contributed by atoms with van der Waals surface area (Å²) in [4.78, 5) is 11.8. The van der Waals surface area contributed by atoms with E-state index in [1.807, 2.05) is 30.3 Å². The number of amides is 2. The van der Waals surface area contributed by atoms with Crippen molar-refractivity contribution in [2.75, 3.05) is 11.9 Å². The third-order valence-corrected chi connectivity index (χ3v) is 3.27. The van der Waals surface area contributed by atoms with Crippen molar-refractivity contribution in [3.8, 4) is 0 Å². The SMILES string of the molecule is NC(CNC(=O)Nc1cc(Cl)cc(Cl)c1)c1ccccc1. The minimum Gasteiger partial charge on any atom is -0.336 e. The Morgan fingerprint density at radius 1 is 1.10 bits per heavy atom. The summed E-state index contributed by atoms with van der Waals surface area (Å²) in [5, 5.41) is 6.28. The molecule has 2 amide bonds. The van der Waals surface area contributed by atoms with Crippen LogP contribution in [0.3, 0.4) is 0 Å². The third kappa shape index (κ3) is 4.93. The second kappa shape index (κ2) is 7.31. The lowest BCUT2D eigenvalue weighted by molar-refractivity contribution is 0.251. The lowest BCUT2D eigenvalue weighted by atomic mass is 10.1. The number of benzene rings is 2. The van der Waals surface area contributed by atoms with Gasteiger partial charge in [-0.25, -0.2) is 4.79 Å². The molecule has 6 heteroatoms. The standard InChI is InChI=1S/C15H15Cl2N3O/c16-11-6-12(17)8-13(7-11)20-15(21)19-9-14(18)10-4-2-1-3-5-10/h1-8,14H,9,18H2,(H2,19,20,21). The fourth-order valence-electron chi connectivity index (χ4n) is 1.82. The Labute approximate surface area is 133 Å². The Kier molecular flexibility index (Phi) is 5.44. The Bertz CT molecular complexity index is 599. The zero-order chi connectivity index (χ0) is 15.2. The number of hydrogen-bond acceptors (Lipinski definition) is 2. The summed E-state index contributed by atoms with van der Waals surface area (Å²) in [6, 6.07) is 13.8. The van der Waals surface area contributed by atoms with Gasteiger partial charge in [-0.05, 0) is 23.8 Å². The molecule has 0 heterocycles. The highest BCUT2D eigenvalue weighted by Crippen LogP contribution is 2.22. The molecule has 0 saturated carbocycles. The molecule has 4 N–H and O–H groups in total. The molecule has 4 nitrogen and oxygen atoms in total. The monoisotopic (exact) mass is 323 g/mol. The quantitative estimate of drug-likeness (QED) is 0.800. The molecule has 2 rings (SSSR count). The number of carbonyl (C=O) groups is 1. The van der Waals surface area contributed by atoms with E-state index in [4.69, 9.17) is 28.9 Å². The van der Waals surface area contributed by atoms with Gasteiger partial charge in [-0.1, -0.05) is 53.5 Å². The first-order valence-electron chi connectivity index (χ1n) is 6.36. The van der Waals surface area contributed by atoms with Crippen LogP contribution in [0.1, 0.15) is 11.6 Å². The number of nitrogens with one attached hydrogen (secondary N) is 2. The second-order valence-corrected chi connectivity index (χ2v) is 5.38. The predicted molar refractivity (Wildman–Crippen MR) is 86.9 cm³/mol. The smallest absolute Gasteiger partial charge is 0.319 e. The average molecular weight is 324 g/mol. The maximum atomic E-state index is 11.8. The lowest BCUT2D eigenvalue weighted by Gasteiger charge is -2.14. The van der Waals surface area contributed by atoms with Gasteiger partial charge >= 0.3 is 6.03 Å². The van der Waals surface area contributed by atoms with Gasteiger partial charge in [0, 0.05) is 28.3 Å². The van der Waals surface area contributed by atoms with Gasteiger partial charge in [-0.2, -0.15) is 0 Å². The van der Waals surface area contributed by atoms with Crippen LogP contribution in [0.4, 0.5) is 10.5 Å². The molecule has 0 aliphatic rings. The molecular weight excluding hydrogens is 309 g/mol. The number of anilines is 1. The van der Waals surface area contributed by atoms with Crippen molar-refractivity contribution in [2.24, 2.45) is 5.73 Å². The molecule has 21 heavy (non-hydrogen) atoms. The van der Waals surface area contributed by atoms with Crippen LogP contribution in [-0.2, 0) is 0 Å². The summed E-state index contributed by atoms with van der Waals surface area (Å²) in [6.07, 6.45) is 0. The van der Waals surface area contributed by atoms with E-state index < -0.39 is 0 Å². The lowest BCUT2D eigenvalue weighted by Crippen LogP contribution is -2.34. The fraction of sp³-hybridized carbons (Fsp3) is 0.133. The molecule has 1 unspecified atom stereocenters. The molecule has 0 aliphatic carbocycles. The van der Waals surface area contributed by atoms with E-state index >= 15 is 0 Å². The average Bonchev–Trinajstić information content (AvgIpc) is 2.44. The Morgan fingerprint density at radius 2 is 1.71 bits per heavy atom. The summed E-state index contributed by atoms with van der Waals surface area (Å²) in [5.41, 5.74) is 7.49. The molecule has 0 bridgehead atoms. The van der Waals surface area contributed by atoms with Crippen molar-refractivity contribution < 1.29 is 4.79 Å². The molecule has 0 fully saturated rings. The van der Waals surface area contributed by atoms with Crippen molar-refractivity contribution in [3.05, 3.63) is 64.1 Å². The van der Waals surface area contributed by atoms with Crippen molar-refractivity contribution in [2.45, 2.75) is 6.04 Å². The van der Waals surface area contributed by atoms with Crippen LogP contribution in [0.5, 0.6) is 0 Å². The van der Waals surface area contributed by atoms with E-state index in [0.717, 1.165) is 5.56 Å². The Hall–Kier alpha value is -1.75. The van der Waals surface area contributed by atoms with Crippen LogP contribution >= 0.6 is 23.2 Å². The number of halogens is 2. The molecule has 0 radical (unpaired) electrons. The van der Waals surface area contributed by atoms with Crippen LogP contribution in [0.2, 0.25) is 10.0 Å². The van der Waals surface area contributed by atoms with E-state index in [9.17, 15) is 4.79 Å². The molecule has 1 atom stereocenters. The molecule has 0 spiro atoms. The summed E-state index contributed by atoms with van der Waals surface area (Å²) < 4.78 is 0. The fourth-order valence-corrected chi connectivity index (χ4v) is 2.35. The van der Waals surface area contributed by atoms with Crippen LogP contribution in [0.25, 0.3) is 0 Å². The van der Waals surface area contributed by atoms with E-state index in [1.165, 1.54) is 0 Å². The number of carbonyl (C=O) groups excluding carboxylic acids is 1. The van der Waals surface area contributed by atoms with Crippen molar-refractivity contribution in [1.29, 1.82) is 0 Å². The van der Waals surface area contributed by atoms with E-state index in [-0.39, 0.29) is 12.1 Å². The molecule has 2 aromatic rings. The highest BCUT2D eigenvalue weighted by molar-refractivity contribution is 6.35. The first kappa shape index (κ1) is 15.6. The molecular formula is C15H15Cl2N3O. The van der Waals surface area contributed by atoms with Gasteiger partial charge in [0.15, 0.2) is 0 Å². The predicted octanol–water partition coefficient (Wildman–Crippen LogP) is 3.81. The Morgan fingerprint density at radius 3 is 2.33 bits per heavy atom. The number of hydrogen-bond donors (Lipinski definition) is 3. The van der Waals surface area contributed by atoms with Crippen LogP contribution < -0.4 is 16.4 Å². The highest BCUT2D eigenvalue weighted by Gasteiger charge is 2.08. The molecule has 0 aromatic heterocycles. The zero-order valence-electron chi connectivity index (χ0n) is 11.1. The third-order valence-electron chi connectivity index (χ3n) is 2.83. The first-order valence-corrected chi connectivity index (χ1v) is 7.11. The van der Waals surface area contributed by atoms with Crippen molar-refractivity contribution >= 4 is 34.9 Å². The Balaban J connectivity index is 1.87. The first-order chi connectivity index (χ1) is 10.0. The van der Waals surface area contributed by atoms with E-state index in [1.54, 1.807) is 18.2 Å². The topological polar surface area (TPSA) is 67.1 Å². The van der Waals surface area contributed by atoms with Gasteiger partial charge in [0.1, 0.15) is 0 Å². The molecule has 2 aromatic carbocycles.